The molecule has 154 valence electrons. The number of carbonyl (C=O) groups excluding carboxylic acids is 3. The zero-order valence-corrected chi connectivity index (χ0v) is 15.3. The van der Waals surface area contributed by atoms with Gasteiger partial charge in [0.05, 0.1) is 12.2 Å². The molecule has 0 saturated carbocycles. The Morgan fingerprint density at radius 1 is 1.03 bits per heavy atom. The van der Waals surface area contributed by atoms with E-state index >= 15 is 0 Å². The van der Waals surface area contributed by atoms with Crippen molar-refractivity contribution in [3.8, 4) is 11.5 Å². The highest BCUT2D eigenvalue weighted by Crippen LogP contribution is 2.30. The third-order valence-corrected chi connectivity index (χ3v) is 3.48. The van der Waals surface area contributed by atoms with E-state index in [-0.39, 0.29) is 29.2 Å². The van der Waals surface area contributed by atoms with Crippen molar-refractivity contribution in [2.24, 2.45) is 5.73 Å². The lowest BCUT2D eigenvalue weighted by molar-refractivity contribution is -0.119. The summed E-state index contributed by atoms with van der Waals surface area (Å²) in [7, 11) is 0. The number of ether oxygens (including phenoxy) is 3. The van der Waals surface area contributed by atoms with E-state index < -0.39 is 31.0 Å². The van der Waals surface area contributed by atoms with Crippen LogP contribution in [0.3, 0.4) is 0 Å². The van der Waals surface area contributed by atoms with Crippen molar-refractivity contribution >= 4 is 23.5 Å². The van der Waals surface area contributed by atoms with Gasteiger partial charge in [0.25, 0.3) is 5.91 Å². The highest BCUT2D eigenvalue weighted by Gasteiger charge is 2.16. The Bertz CT molecular complexity index is 887. The first kappa shape index (κ1) is 21.6. The van der Waals surface area contributed by atoms with Crippen molar-refractivity contribution < 1.29 is 37.4 Å². The molecule has 0 fully saturated rings. The van der Waals surface area contributed by atoms with Gasteiger partial charge in [-0.15, -0.1) is 0 Å². The van der Waals surface area contributed by atoms with Crippen LogP contribution in [-0.4, -0.2) is 37.6 Å². The molecule has 0 spiro atoms. The first-order chi connectivity index (χ1) is 13.8. The molecule has 0 aliphatic carbocycles. The molecular formula is C19H18F2N2O6. The summed E-state index contributed by atoms with van der Waals surface area (Å²) >= 11 is 0. The van der Waals surface area contributed by atoms with E-state index in [1.807, 2.05) is 0 Å². The first-order valence-corrected chi connectivity index (χ1v) is 8.38. The van der Waals surface area contributed by atoms with Gasteiger partial charge in [0, 0.05) is 11.3 Å². The average molecular weight is 408 g/mol. The fraction of sp³-hybridized carbons (Fsp3) is 0.211. The highest BCUT2D eigenvalue weighted by molar-refractivity contribution is 5.97. The van der Waals surface area contributed by atoms with E-state index in [1.54, 1.807) is 6.92 Å². The summed E-state index contributed by atoms with van der Waals surface area (Å²) in [6.45, 7) is -1.84. The fourth-order valence-corrected chi connectivity index (χ4v) is 2.23. The zero-order valence-electron chi connectivity index (χ0n) is 15.3. The van der Waals surface area contributed by atoms with Gasteiger partial charge in [0.1, 0.15) is 0 Å². The number of nitrogens with two attached hydrogens (primary N) is 1. The number of hydrogen-bond acceptors (Lipinski definition) is 6. The molecule has 2 aromatic rings. The highest BCUT2D eigenvalue weighted by atomic mass is 19.3. The van der Waals surface area contributed by atoms with E-state index in [9.17, 15) is 23.2 Å². The Balaban J connectivity index is 1.96. The molecule has 0 saturated heterocycles. The smallest absolute Gasteiger partial charge is 0.387 e. The number of primary amides is 1. The summed E-state index contributed by atoms with van der Waals surface area (Å²) < 4.78 is 39.2. The zero-order chi connectivity index (χ0) is 21.4. The minimum Gasteiger partial charge on any atom is -0.490 e. The molecular weight excluding hydrogens is 390 g/mol. The lowest BCUT2D eigenvalue weighted by Crippen LogP contribution is -2.21. The summed E-state index contributed by atoms with van der Waals surface area (Å²) in [5.41, 5.74) is 5.77. The van der Waals surface area contributed by atoms with Gasteiger partial charge in [0.2, 0.25) is 5.91 Å². The van der Waals surface area contributed by atoms with E-state index in [0.717, 1.165) is 6.07 Å². The van der Waals surface area contributed by atoms with Crippen molar-refractivity contribution in [2.45, 2.75) is 13.5 Å². The second-order valence-corrected chi connectivity index (χ2v) is 5.54. The first-order valence-electron chi connectivity index (χ1n) is 8.38. The second-order valence-electron chi connectivity index (χ2n) is 5.54. The van der Waals surface area contributed by atoms with Crippen molar-refractivity contribution in [3.05, 3.63) is 53.6 Å². The van der Waals surface area contributed by atoms with Crippen LogP contribution < -0.4 is 20.5 Å². The minimum absolute atomic E-state index is 0.00585. The molecule has 2 rings (SSSR count). The predicted molar refractivity (Wildman–Crippen MR) is 98.1 cm³/mol. The van der Waals surface area contributed by atoms with Crippen LogP contribution >= 0.6 is 0 Å². The van der Waals surface area contributed by atoms with Gasteiger partial charge in [-0.2, -0.15) is 8.78 Å². The van der Waals surface area contributed by atoms with Gasteiger partial charge in [-0.05, 0) is 49.4 Å². The molecule has 0 unspecified atom stereocenters. The molecule has 0 heterocycles. The Hall–Kier alpha value is -3.69. The van der Waals surface area contributed by atoms with Gasteiger partial charge >= 0.3 is 12.6 Å². The van der Waals surface area contributed by atoms with Crippen LogP contribution in [0, 0.1) is 0 Å². The molecule has 0 aliphatic heterocycles. The number of hydrogen-bond donors (Lipinski definition) is 2. The van der Waals surface area contributed by atoms with Crippen LogP contribution in [0.15, 0.2) is 42.5 Å². The van der Waals surface area contributed by atoms with Crippen molar-refractivity contribution in [1.82, 2.24) is 0 Å². The molecule has 10 heteroatoms. The topological polar surface area (TPSA) is 117 Å². The summed E-state index contributed by atoms with van der Waals surface area (Å²) in [6, 6.07) is 9.34. The summed E-state index contributed by atoms with van der Waals surface area (Å²) in [6.07, 6.45) is 0. The molecule has 2 aromatic carbocycles. The normalized spacial score (nSPS) is 10.3. The number of nitrogens with one attached hydrogen (secondary N) is 1. The number of anilines is 1. The lowest BCUT2D eigenvalue weighted by Gasteiger charge is -2.12. The standard InChI is InChI=1S/C19H18F2N2O6/c1-2-27-15-9-12(5-8-14(15)29-19(20)21)18(26)28-10-16(24)23-13-6-3-11(4-7-13)17(22)25/h3-9,19H,2,10H2,1H3,(H2,22,25)(H,23,24). The number of esters is 1. The Labute approximate surface area is 164 Å². The maximum Gasteiger partial charge on any atom is 0.387 e. The number of halogens is 2. The maximum absolute atomic E-state index is 12.4. The molecule has 2 amide bonds. The second kappa shape index (κ2) is 10.0. The van der Waals surface area contributed by atoms with E-state index in [2.05, 4.69) is 10.1 Å². The van der Waals surface area contributed by atoms with Crippen LogP contribution in [0.1, 0.15) is 27.6 Å². The van der Waals surface area contributed by atoms with Crippen LogP contribution in [0.2, 0.25) is 0 Å². The molecule has 3 N–H and O–H groups in total. The lowest BCUT2D eigenvalue weighted by atomic mass is 10.2. The average Bonchev–Trinajstić information content (AvgIpc) is 2.67. The molecule has 0 aromatic heterocycles. The summed E-state index contributed by atoms with van der Waals surface area (Å²) in [5, 5.41) is 2.48. The molecule has 0 bridgehead atoms. The fourth-order valence-electron chi connectivity index (χ4n) is 2.23. The molecule has 0 aliphatic rings. The molecule has 29 heavy (non-hydrogen) atoms. The van der Waals surface area contributed by atoms with Crippen molar-refractivity contribution in [1.29, 1.82) is 0 Å². The number of benzene rings is 2. The Kier molecular flexibility index (Phi) is 7.47. The number of amides is 2. The van der Waals surface area contributed by atoms with Gasteiger partial charge in [-0.25, -0.2) is 4.79 Å². The monoisotopic (exact) mass is 408 g/mol. The van der Waals surface area contributed by atoms with E-state index in [1.165, 1.54) is 36.4 Å². The summed E-state index contributed by atoms with van der Waals surface area (Å²) in [4.78, 5) is 35.0. The van der Waals surface area contributed by atoms with Gasteiger partial charge in [0.15, 0.2) is 18.1 Å². The van der Waals surface area contributed by atoms with Crippen LogP contribution in [0.25, 0.3) is 0 Å². The number of alkyl halides is 2. The van der Waals surface area contributed by atoms with E-state index in [0.29, 0.717) is 5.69 Å². The van der Waals surface area contributed by atoms with Gasteiger partial charge in [-0.1, -0.05) is 0 Å². The molecule has 8 nitrogen and oxygen atoms in total. The number of carbonyl (C=O) groups is 3. The van der Waals surface area contributed by atoms with Crippen LogP contribution in [0.5, 0.6) is 11.5 Å². The largest absolute Gasteiger partial charge is 0.490 e. The quantitative estimate of drug-likeness (QED) is 0.616. The Morgan fingerprint density at radius 2 is 1.69 bits per heavy atom. The van der Waals surface area contributed by atoms with Crippen LogP contribution in [-0.2, 0) is 9.53 Å². The maximum atomic E-state index is 12.4. The van der Waals surface area contributed by atoms with Gasteiger partial charge < -0.3 is 25.3 Å². The van der Waals surface area contributed by atoms with Crippen molar-refractivity contribution in [3.63, 3.8) is 0 Å². The number of rotatable bonds is 9. The SMILES string of the molecule is CCOc1cc(C(=O)OCC(=O)Nc2ccc(C(N)=O)cc2)ccc1OC(F)F. The summed E-state index contributed by atoms with van der Waals surface area (Å²) in [5.74, 6) is -2.35. The molecule has 0 radical (unpaired) electrons. The van der Waals surface area contributed by atoms with E-state index in [4.69, 9.17) is 15.2 Å². The van der Waals surface area contributed by atoms with Gasteiger partial charge in [-0.3, -0.25) is 9.59 Å². The minimum atomic E-state index is -3.05. The Morgan fingerprint density at radius 3 is 2.28 bits per heavy atom. The molecule has 0 atom stereocenters. The third kappa shape index (κ3) is 6.45. The third-order valence-electron chi connectivity index (χ3n) is 3.48. The predicted octanol–water partition coefficient (Wildman–Crippen LogP) is 2.58. The van der Waals surface area contributed by atoms with Crippen molar-refractivity contribution in [2.75, 3.05) is 18.5 Å². The van der Waals surface area contributed by atoms with Crippen LogP contribution in [0.4, 0.5) is 14.5 Å².